The minimum Gasteiger partial charge on any atom is -0.292 e. The highest BCUT2D eigenvalue weighted by molar-refractivity contribution is 9.10. The summed E-state index contributed by atoms with van der Waals surface area (Å²) in [6, 6.07) is 17.0. The highest BCUT2D eigenvalue weighted by Crippen LogP contribution is 2.30. The van der Waals surface area contributed by atoms with E-state index in [0.717, 1.165) is 10.0 Å². The van der Waals surface area contributed by atoms with Crippen LogP contribution < -0.4 is 0 Å². The first-order valence-electron chi connectivity index (χ1n) is 6.47. The summed E-state index contributed by atoms with van der Waals surface area (Å²) in [4.78, 5) is 12.6. The number of hydrogen-bond acceptors (Lipinski definition) is 3. The fourth-order valence-corrected chi connectivity index (χ4v) is 2.68. The van der Waals surface area contributed by atoms with Crippen LogP contribution in [0.1, 0.15) is 21.8 Å². The van der Waals surface area contributed by atoms with Gasteiger partial charge in [-0.15, -0.1) is 0 Å². The maximum atomic E-state index is 12.6. The largest absolute Gasteiger partial charge is 0.292 e. The molecule has 3 nitrogen and oxygen atoms in total. The van der Waals surface area contributed by atoms with Gasteiger partial charge in [0, 0.05) is 16.0 Å². The highest BCUT2D eigenvalue weighted by Gasteiger charge is 2.33. The summed E-state index contributed by atoms with van der Waals surface area (Å²) in [5, 5.41) is 8.24. The number of carbonyl (C=O) groups excluding carboxylic acids is 1. The van der Waals surface area contributed by atoms with Crippen LogP contribution in [0.5, 0.6) is 0 Å². The lowest BCUT2D eigenvalue weighted by molar-refractivity contribution is 0.0956. The van der Waals surface area contributed by atoms with Crippen LogP contribution in [0.2, 0.25) is 0 Å². The minimum absolute atomic E-state index is 0.0348. The van der Waals surface area contributed by atoms with E-state index in [0.29, 0.717) is 12.1 Å². The molecule has 0 bridgehead atoms. The first-order chi connectivity index (χ1) is 9.75. The molecule has 0 aliphatic carbocycles. The Morgan fingerprint density at radius 3 is 2.45 bits per heavy atom. The van der Waals surface area contributed by atoms with Crippen molar-refractivity contribution >= 4 is 21.7 Å². The van der Waals surface area contributed by atoms with Gasteiger partial charge < -0.3 is 0 Å². The number of azo groups is 1. The Bertz CT molecular complexity index is 637. The van der Waals surface area contributed by atoms with Crippen molar-refractivity contribution < 1.29 is 4.79 Å². The zero-order chi connectivity index (χ0) is 13.9. The summed E-state index contributed by atoms with van der Waals surface area (Å²) >= 11 is 3.37. The Morgan fingerprint density at radius 2 is 1.75 bits per heavy atom. The van der Waals surface area contributed by atoms with Crippen molar-refractivity contribution in [1.29, 1.82) is 0 Å². The van der Waals surface area contributed by atoms with Crippen LogP contribution in [0.4, 0.5) is 0 Å². The monoisotopic (exact) mass is 328 g/mol. The van der Waals surface area contributed by atoms with E-state index in [9.17, 15) is 4.79 Å². The maximum absolute atomic E-state index is 12.6. The molecule has 0 N–H and O–H groups in total. The van der Waals surface area contributed by atoms with E-state index in [1.807, 2.05) is 54.6 Å². The maximum Gasteiger partial charge on any atom is 0.189 e. The van der Waals surface area contributed by atoms with Crippen molar-refractivity contribution in [3.8, 4) is 0 Å². The Labute approximate surface area is 125 Å². The summed E-state index contributed by atoms with van der Waals surface area (Å²) in [6.07, 6.45) is 0. The fraction of sp³-hybridized carbons (Fsp3) is 0.188. The third-order valence-corrected chi connectivity index (χ3v) is 4.02. The molecule has 3 rings (SSSR count). The standard InChI is InChI=1S/C16H13BrN2O/c17-13-8-6-12(7-9-13)16(20)15-14(10-18-19-15)11-4-2-1-3-5-11/h1-9,14-15H,10H2/t14-,15+/m0/s1. The number of Topliss-reactive ketones (excluding diaryl/α,β-unsaturated/α-hetero) is 1. The average molecular weight is 329 g/mol. The van der Waals surface area contributed by atoms with Gasteiger partial charge in [0.2, 0.25) is 0 Å². The lowest BCUT2D eigenvalue weighted by Gasteiger charge is -2.15. The smallest absolute Gasteiger partial charge is 0.189 e. The van der Waals surface area contributed by atoms with E-state index in [1.54, 1.807) is 0 Å². The molecule has 0 aromatic heterocycles. The van der Waals surface area contributed by atoms with Crippen LogP contribution in [-0.4, -0.2) is 18.4 Å². The SMILES string of the molecule is O=C(c1ccc(Br)cc1)[C@@H]1N=NC[C@H]1c1ccccc1. The third-order valence-electron chi connectivity index (χ3n) is 3.49. The second kappa shape index (κ2) is 5.67. The van der Waals surface area contributed by atoms with Crippen molar-refractivity contribution in [2.75, 3.05) is 6.54 Å². The quantitative estimate of drug-likeness (QED) is 0.776. The number of ketones is 1. The number of benzene rings is 2. The van der Waals surface area contributed by atoms with Gasteiger partial charge in [0.1, 0.15) is 6.04 Å². The molecular weight excluding hydrogens is 316 g/mol. The summed E-state index contributed by atoms with van der Waals surface area (Å²) < 4.78 is 0.960. The molecule has 2 aromatic carbocycles. The Kier molecular flexibility index (Phi) is 3.74. The summed E-state index contributed by atoms with van der Waals surface area (Å²) in [5.74, 6) is 0.0833. The Morgan fingerprint density at radius 1 is 1.05 bits per heavy atom. The first kappa shape index (κ1) is 13.2. The molecule has 1 heterocycles. The van der Waals surface area contributed by atoms with Gasteiger partial charge in [0.05, 0.1) is 6.54 Å². The summed E-state index contributed by atoms with van der Waals surface area (Å²) in [6.45, 7) is 0.580. The molecule has 0 radical (unpaired) electrons. The van der Waals surface area contributed by atoms with Gasteiger partial charge in [-0.2, -0.15) is 10.2 Å². The zero-order valence-corrected chi connectivity index (χ0v) is 12.3. The number of halogens is 1. The second-order valence-corrected chi connectivity index (χ2v) is 5.69. The van der Waals surface area contributed by atoms with Gasteiger partial charge in [-0.05, 0) is 17.7 Å². The summed E-state index contributed by atoms with van der Waals surface area (Å²) in [5.41, 5.74) is 1.80. The molecule has 1 aliphatic heterocycles. The van der Waals surface area contributed by atoms with E-state index in [-0.39, 0.29) is 11.7 Å². The molecule has 0 spiro atoms. The summed E-state index contributed by atoms with van der Waals surface area (Å²) in [7, 11) is 0. The fourth-order valence-electron chi connectivity index (χ4n) is 2.41. The second-order valence-electron chi connectivity index (χ2n) is 4.77. The predicted molar refractivity (Wildman–Crippen MR) is 81.2 cm³/mol. The van der Waals surface area contributed by atoms with E-state index in [4.69, 9.17) is 0 Å². The molecular formula is C16H13BrN2O. The van der Waals surface area contributed by atoms with Gasteiger partial charge in [-0.25, -0.2) is 0 Å². The lowest BCUT2D eigenvalue weighted by Crippen LogP contribution is -2.24. The van der Waals surface area contributed by atoms with Crippen LogP contribution in [-0.2, 0) is 0 Å². The number of rotatable bonds is 3. The molecule has 1 aliphatic rings. The molecule has 0 saturated carbocycles. The van der Waals surface area contributed by atoms with Crippen molar-refractivity contribution in [2.24, 2.45) is 10.2 Å². The van der Waals surface area contributed by atoms with Gasteiger partial charge in [0.25, 0.3) is 0 Å². The topological polar surface area (TPSA) is 41.8 Å². The molecule has 0 amide bonds. The van der Waals surface area contributed by atoms with E-state index >= 15 is 0 Å². The zero-order valence-electron chi connectivity index (χ0n) is 10.7. The van der Waals surface area contributed by atoms with Crippen LogP contribution >= 0.6 is 15.9 Å². The van der Waals surface area contributed by atoms with Gasteiger partial charge in [-0.3, -0.25) is 4.79 Å². The normalized spacial score (nSPS) is 21.1. The van der Waals surface area contributed by atoms with Crippen molar-refractivity contribution in [1.82, 2.24) is 0 Å². The third kappa shape index (κ3) is 2.56. The molecule has 0 saturated heterocycles. The number of nitrogens with zero attached hydrogens (tertiary/aromatic N) is 2. The molecule has 4 heteroatoms. The lowest BCUT2D eigenvalue weighted by atomic mass is 9.88. The van der Waals surface area contributed by atoms with Crippen LogP contribution in [0.15, 0.2) is 69.3 Å². The predicted octanol–water partition coefficient (Wildman–Crippen LogP) is 4.25. The van der Waals surface area contributed by atoms with E-state index in [1.165, 1.54) is 0 Å². The Hall–Kier alpha value is -1.81. The van der Waals surface area contributed by atoms with Crippen LogP contribution in [0, 0.1) is 0 Å². The van der Waals surface area contributed by atoms with Crippen molar-refractivity contribution in [2.45, 2.75) is 12.0 Å². The van der Waals surface area contributed by atoms with Crippen LogP contribution in [0.25, 0.3) is 0 Å². The molecule has 0 unspecified atom stereocenters. The minimum atomic E-state index is -0.404. The van der Waals surface area contributed by atoms with Gasteiger partial charge in [-0.1, -0.05) is 58.4 Å². The molecule has 2 aromatic rings. The van der Waals surface area contributed by atoms with Gasteiger partial charge in [0.15, 0.2) is 5.78 Å². The molecule has 20 heavy (non-hydrogen) atoms. The van der Waals surface area contributed by atoms with Crippen molar-refractivity contribution in [3.05, 3.63) is 70.2 Å². The number of hydrogen-bond donors (Lipinski definition) is 0. The Balaban J connectivity index is 1.87. The molecule has 100 valence electrons. The molecule has 0 fully saturated rings. The number of carbonyl (C=O) groups is 1. The van der Waals surface area contributed by atoms with Crippen LogP contribution in [0.3, 0.4) is 0 Å². The molecule has 2 atom stereocenters. The first-order valence-corrected chi connectivity index (χ1v) is 7.26. The van der Waals surface area contributed by atoms with Gasteiger partial charge >= 0.3 is 0 Å². The van der Waals surface area contributed by atoms with E-state index in [2.05, 4.69) is 26.2 Å². The van der Waals surface area contributed by atoms with E-state index < -0.39 is 6.04 Å². The highest BCUT2D eigenvalue weighted by atomic mass is 79.9. The van der Waals surface area contributed by atoms with Crippen molar-refractivity contribution in [3.63, 3.8) is 0 Å². The average Bonchev–Trinajstić information content (AvgIpc) is 2.97.